The maximum atomic E-state index is 9.46. The molecule has 3 rings (SSSR count). The van der Waals surface area contributed by atoms with E-state index in [4.69, 9.17) is 40.5 Å². The summed E-state index contributed by atoms with van der Waals surface area (Å²) in [6, 6.07) is 16.2. The van der Waals surface area contributed by atoms with Crippen LogP contribution in [0.15, 0.2) is 48.5 Å². The van der Waals surface area contributed by atoms with Gasteiger partial charge in [-0.15, -0.1) is 0 Å². The van der Waals surface area contributed by atoms with Gasteiger partial charge in [-0.2, -0.15) is 5.26 Å². The monoisotopic (exact) mass is 373 g/mol. The van der Waals surface area contributed by atoms with Gasteiger partial charge in [-0.05, 0) is 24.3 Å². The smallest absolute Gasteiger partial charge is 0.142 e. The molecule has 0 fully saturated rings. The van der Waals surface area contributed by atoms with Gasteiger partial charge in [0.05, 0.1) is 5.69 Å². The van der Waals surface area contributed by atoms with Gasteiger partial charge in [0.15, 0.2) is 0 Å². The zero-order valence-electron chi connectivity index (χ0n) is 12.2. The van der Waals surface area contributed by atoms with Crippen molar-refractivity contribution in [1.82, 2.24) is 4.98 Å². The normalized spacial score (nSPS) is 10.4. The molecule has 0 atom stereocenters. The lowest BCUT2D eigenvalue weighted by atomic mass is 9.98. The first-order valence-electron chi connectivity index (χ1n) is 6.92. The molecule has 0 amide bonds. The molecule has 24 heavy (non-hydrogen) atoms. The third-order valence-corrected chi connectivity index (χ3v) is 4.41. The zero-order chi connectivity index (χ0) is 17.3. The fourth-order valence-corrected chi connectivity index (χ4v) is 3.15. The van der Waals surface area contributed by atoms with Gasteiger partial charge in [-0.3, -0.25) is 0 Å². The molecule has 2 N–H and O–H groups in total. The maximum Gasteiger partial charge on any atom is 0.142 e. The Morgan fingerprint density at radius 3 is 2.29 bits per heavy atom. The second-order valence-corrected chi connectivity index (χ2v) is 6.28. The number of nitriles is 1. The molecule has 118 valence electrons. The van der Waals surface area contributed by atoms with Crippen molar-refractivity contribution in [2.24, 2.45) is 0 Å². The first-order valence-corrected chi connectivity index (χ1v) is 8.05. The lowest BCUT2D eigenvalue weighted by Gasteiger charge is -2.12. The highest BCUT2D eigenvalue weighted by Crippen LogP contribution is 2.37. The van der Waals surface area contributed by atoms with Crippen LogP contribution in [0.4, 0.5) is 5.82 Å². The van der Waals surface area contributed by atoms with Crippen molar-refractivity contribution >= 4 is 40.6 Å². The Morgan fingerprint density at radius 2 is 1.62 bits per heavy atom. The SMILES string of the molecule is N#Cc1c(-c2ccc(Cl)cc2Cl)cc(-c2ccccc2Cl)nc1N. The highest BCUT2D eigenvalue weighted by atomic mass is 35.5. The Labute approximate surface area is 154 Å². The molecule has 3 nitrogen and oxygen atoms in total. The van der Waals surface area contributed by atoms with Crippen molar-refractivity contribution in [2.75, 3.05) is 5.73 Å². The molecule has 0 saturated heterocycles. The summed E-state index contributed by atoms with van der Waals surface area (Å²) in [6.45, 7) is 0. The second kappa shape index (κ2) is 6.70. The summed E-state index contributed by atoms with van der Waals surface area (Å²) in [4.78, 5) is 4.31. The number of nitrogen functional groups attached to an aromatic ring is 1. The van der Waals surface area contributed by atoms with E-state index in [1.807, 2.05) is 18.2 Å². The van der Waals surface area contributed by atoms with Crippen molar-refractivity contribution in [3.63, 3.8) is 0 Å². The van der Waals surface area contributed by atoms with Gasteiger partial charge >= 0.3 is 0 Å². The number of anilines is 1. The van der Waals surface area contributed by atoms with Crippen LogP contribution in [0.3, 0.4) is 0 Å². The summed E-state index contributed by atoms with van der Waals surface area (Å²) >= 11 is 18.5. The molecule has 0 aliphatic rings. The largest absolute Gasteiger partial charge is 0.383 e. The number of benzene rings is 2. The molecule has 3 aromatic rings. The molecule has 0 radical (unpaired) electrons. The van der Waals surface area contributed by atoms with E-state index in [0.717, 1.165) is 5.56 Å². The summed E-state index contributed by atoms with van der Waals surface area (Å²) in [7, 11) is 0. The summed E-state index contributed by atoms with van der Waals surface area (Å²) < 4.78 is 0. The maximum absolute atomic E-state index is 9.46. The van der Waals surface area contributed by atoms with Crippen molar-refractivity contribution < 1.29 is 0 Å². The van der Waals surface area contributed by atoms with E-state index in [-0.39, 0.29) is 11.4 Å². The minimum atomic E-state index is 0.121. The van der Waals surface area contributed by atoms with Crippen molar-refractivity contribution in [3.05, 3.63) is 69.2 Å². The molecule has 6 heteroatoms. The fourth-order valence-electron chi connectivity index (χ4n) is 2.41. The molecule has 0 bridgehead atoms. The number of pyridine rings is 1. The van der Waals surface area contributed by atoms with E-state index < -0.39 is 0 Å². The molecular weight excluding hydrogens is 365 g/mol. The summed E-state index contributed by atoms with van der Waals surface area (Å²) in [5.41, 5.74) is 8.78. The van der Waals surface area contributed by atoms with Gasteiger partial charge in [-0.1, -0.05) is 59.1 Å². The van der Waals surface area contributed by atoms with Crippen LogP contribution in [-0.2, 0) is 0 Å². The third-order valence-electron chi connectivity index (χ3n) is 3.53. The van der Waals surface area contributed by atoms with Gasteiger partial charge in [0, 0.05) is 31.8 Å². The molecule has 1 heterocycles. The highest BCUT2D eigenvalue weighted by molar-refractivity contribution is 6.36. The molecule has 0 unspecified atom stereocenters. The summed E-state index contributed by atoms with van der Waals surface area (Å²) in [5, 5.41) is 10.9. The van der Waals surface area contributed by atoms with Crippen LogP contribution in [0, 0.1) is 11.3 Å². The van der Waals surface area contributed by atoms with E-state index in [0.29, 0.717) is 31.9 Å². The predicted octanol–water partition coefficient (Wildman–Crippen LogP) is 5.83. The van der Waals surface area contributed by atoms with Gasteiger partial charge in [0.1, 0.15) is 17.5 Å². The van der Waals surface area contributed by atoms with E-state index in [1.165, 1.54) is 0 Å². The van der Waals surface area contributed by atoms with E-state index in [1.54, 1.807) is 30.3 Å². The molecule has 0 spiro atoms. The predicted molar refractivity (Wildman–Crippen MR) is 99.3 cm³/mol. The van der Waals surface area contributed by atoms with E-state index >= 15 is 0 Å². The van der Waals surface area contributed by atoms with Crippen LogP contribution in [0.5, 0.6) is 0 Å². The number of halogens is 3. The first-order chi connectivity index (χ1) is 11.5. The van der Waals surface area contributed by atoms with Crippen LogP contribution in [0.2, 0.25) is 15.1 Å². The molecule has 0 aliphatic carbocycles. The standard InChI is InChI=1S/C18H10Cl3N3/c19-10-5-6-11(16(21)7-10)13-8-17(24-18(23)14(13)9-22)12-3-1-2-4-15(12)20/h1-8H,(H2,23,24). The van der Waals surface area contributed by atoms with Crippen molar-refractivity contribution in [2.45, 2.75) is 0 Å². The topological polar surface area (TPSA) is 62.7 Å². The van der Waals surface area contributed by atoms with Gasteiger partial charge < -0.3 is 5.73 Å². The number of hydrogen-bond donors (Lipinski definition) is 1. The molecule has 0 saturated carbocycles. The van der Waals surface area contributed by atoms with Crippen LogP contribution >= 0.6 is 34.8 Å². The average Bonchev–Trinajstić information content (AvgIpc) is 2.54. The minimum Gasteiger partial charge on any atom is -0.383 e. The second-order valence-electron chi connectivity index (χ2n) is 5.03. The number of nitrogens with two attached hydrogens (primary N) is 1. The molecule has 1 aromatic heterocycles. The average molecular weight is 375 g/mol. The Kier molecular flexibility index (Phi) is 4.64. The number of nitrogens with zero attached hydrogens (tertiary/aromatic N) is 2. The van der Waals surface area contributed by atoms with Crippen LogP contribution in [-0.4, -0.2) is 4.98 Å². The van der Waals surface area contributed by atoms with Crippen LogP contribution < -0.4 is 5.73 Å². The number of hydrogen-bond acceptors (Lipinski definition) is 3. The third kappa shape index (κ3) is 3.05. The van der Waals surface area contributed by atoms with Crippen molar-refractivity contribution in [1.29, 1.82) is 5.26 Å². The van der Waals surface area contributed by atoms with Gasteiger partial charge in [-0.25, -0.2) is 4.98 Å². The summed E-state index contributed by atoms with van der Waals surface area (Å²) in [5.74, 6) is 0.121. The first kappa shape index (κ1) is 16.6. The lowest BCUT2D eigenvalue weighted by Crippen LogP contribution is -2.00. The lowest BCUT2D eigenvalue weighted by molar-refractivity contribution is 1.31. The van der Waals surface area contributed by atoms with Gasteiger partial charge in [0.25, 0.3) is 0 Å². The van der Waals surface area contributed by atoms with E-state index in [9.17, 15) is 5.26 Å². The highest BCUT2D eigenvalue weighted by Gasteiger charge is 2.16. The number of aromatic nitrogens is 1. The van der Waals surface area contributed by atoms with Crippen LogP contribution in [0.1, 0.15) is 5.56 Å². The number of rotatable bonds is 2. The zero-order valence-corrected chi connectivity index (χ0v) is 14.5. The summed E-state index contributed by atoms with van der Waals surface area (Å²) in [6.07, 6.45) is 0. The van der Waals surface area contributed by atoms with Gasteiger partial charge in [0.2, 0.25) is 0 Å². The minimum absolute atomic E-state index is 0.121. The van der Waals surface area contributed by atoms with Crippen LogP contribution in [0.25, 0.3) is 22.4 Å². The molecule has 0 aliphatic heterocycles. The molecule has 2 aromatic carbocycles. The quantitative estimate of drug-likeness (QED) is 0.614. The fraction of sp³-hybridized carbons (Fsp3) is 0. The Morgan fingerprint density at radius 1 is 0.875 bits per heavy atom. The Hall–Kier alpha value is -2.25. The van der Waals surface area contributed by atoms with Crippen molar-refractivity contribution in [3.8, 4) is 28.5 Å². The Bertz CT molecular complexity index is 978. The molecular formula is C18H10Cl3N3. The van der Waals surface area contributed by atoms with E-state index in [2.05, 4.69) is 11.1 Å². The Balaban J connectivity index is 2.29.